The van der Waals surface area contributed by atoms with E-state index in [1.807, 2.05) is 24.3 Å². The number of hydrogen-bond acceptors (Lipinski definition) is 3. The molecule has 1 saturated carbocycles. The molecule has 126 valence electrons. The van der Waals surface area contributed by atoms with Gasteiger partial charge in [-0.1, -0.05) is 27.5 Å². The highest BCUT2D eigenvalue weighted by molar-refractivity contribution is 9.10. The summed E-state index contributed by atoms with van der Waals surface area (Å²) in [5, 5.41) is 3.70. The van der Waals surface area contributed by atoms with Gasteiger partial charge in [0.1, 0.15) is 6.10 Å². The number of pyridine rings is 1. The van der Waals surface area contributed by atoms with E-state index in [0.29, 0.717) is 16.5 Å². The highest BCUT2D eigenvalue weighted by Crippen LogP contribution is 2.24. The van der Waals surface area contributed by atoms with Crippen LogP contribution in [0.1, 0.15) is 36.0 Å². The molecule has 0 saturated heterocycles. The Morgan fingerprint density at radius 2 is 1.83 bits per heavy atom. The van der Waals surface area contributed by atoms with E-state index in [9.17, 15) is 4.79 Å². The largest absolute Gasteiger partial charge is 0.474 e. The zero-order valence-corrected chi connectivity index (χ0v) is 15.4. The molecule has 24 heavy (non-hydrogen) atoms. The number of nitrogens with zero attached hydrogens (tertiary/aromatic N) is 1. The average Bonchev–Trinajstić information content (AvgIpc) is 2.59. The third-order valence-corrected chi connectivity index (χ3v) is 4.86. The normalized spacial score (nSPS) is 20.4. The summed E-state index contributed by atoms with van der Waals surface area (Å²) in [7, 11) is 0. The number of benzene rings is 1. The number of aromatic nitrogens is 1. The van der Waals surface area contributed by atoms with Crippen molar-refractivity contribution in [2.45, 2.75) is 37.8 Å². The van der Waals surface area contributed by atoms with Gasteiger partial charge >= 0.3 is 0 Å². The van der Waals surface area contributed by atoms with Crippen LogP contribution in [0.2, 0.25) is 5.02 Å². The maximum Gasteiger partial charge on any atom is 0.251 e. The minimum absolute atomic E-state index is 0.0220. The Bertz CT molecular complexity index is 683. The van der Waals surface area contributed by atoms with Gasteiger partial charge in [-0.05, 0) is 56.0 Å². The second kappa shape index (κ2) is 7.99. The minimum Gasteiger partial charge on any atom is -0.474 e. The number of carbonyl (C=O) groups is 1. The fourth-order valence-corrected chi connectivity index (χ4v) is 3.17. The molecule has 1 heterocycles. The van der Waals surface area contributed by atoms with Crippen LogP contribution in [0.15, 0.2) is 47.1 Å². The minimum atomic E-state index is -0.0220. The first-order valence-electron chi connectivity index (χ1n) is 7.95. The standard InChI is InChI=1S/C18H18BrClN2O2/c19-13-3-1-12(2-4-13)18(23)22-15-6-8-16(9-7-15)24-17-10-5-14(20)11-21-17/h1-5,10-11,15-16H,6-9H2,(H,22,23). The van der Waals surface area contributed by atoms with Gasteiger partial charge in [0.25, 0.3) is 5.91 Å². The van der Waals surface area contributed by atoms with Gasteiger partial charge in [-0.15, -0.1) is 0 Å². The molecule has 0 radical (unpaired) electrons. The quantitative estimate of drug-likeness (QED) is 0.802. The molecule has 0 unspecified atom stereocenters. The van der Waals surface area contributed by atoms with Crippen LogP contribution in [0.4, 0.5) is 0 Å². The van der Waals surface area contributed by atoms with Gasteiger partial charge < -0.3 is 10.1 Å². The molecular weight excluding hydrogens is 392 g/mol. The molecule has 1 aliphatic carbocycles. The van der Waals surface area contributed by atoms with Crippen molar-refractivity contribution in [3.05, 3.63) is 57.7 Å². The van der Waals surface area contributed by atoms with Gasteiger partial charge in [0.15, 0.2) is 0 Å². The van der Waals surface area contributed by atoms with Crippen molar-refractivity contribution >= 4 is 33.4 Å². The Hall–Kier alpha value is -1.59. The van der Waals surface area contributed by atoms with Crippen molar-refractivity contribution in [2.24, 2.45) is 0 Å². The molecule has 1 aromatic heterocycles. The summed E-state index contributed by atoms with van der Waals surface area (Å²) in [6, 6.07) is 11.1. The Morgan fingerprint density at radius 3 is 2.46 bits per heavy atom. The van der Waals surface area contributed by atoms with Crippen LogP contribution < -0.4 is 10.1 Å². The van der Waals surface area contributed by atoms with E-state index in [-0.39, 0.29) is 18.1 Å². The van der Waals surface area contributed by atoms with Crippen molar-refractivity contribution in [1.82, 2.24) is 10.3 Å². The fourth-order valence-electron chi connectivity index (χ4n) is 2.80. The lowest BCUT2D eigenvalue weighted by Crippen LogP contribution is -2.39. The van der Waals surface area contributed by atoms with Crippen molar-refractivity contribution in [3.8, 4) is 5.88 Å². The molecule has 1 amide bonds. The Balaban J connectivity index is 1.47. The zero-order chi connectivity index (χ0) is 16.9. The lowest BCUT2D eigenvalue weighted by molar-refractivity contribution is 0.0890. The summed E-state index contributed by atoms with van der Waals surface area (Å²) in [6.07, 6.45) is 5.33. The summed E-state index contributed by atoms with van der Waals surface area (Å²) in [4.78, 5) is 16.4. The first kappa shape index (κ1) is 17.2. The molecule has 4 nitrogen and oxygen atoms in total. The topological polar surface area (TPSA) is 51.2 Å². The summed E-state index contributed by atoms with van der Waals surface area (Å²) in [5.74, 6) is 0.577. The molecule has 1 aromatic carbocycles. The maximum absolute atomic E-state index is 12.2. The number of amides is 1. The molecule has 3 rings (SSSR count). The molecule has 0 atom stereocenters. The second-order valence-electron chi connectivity index (χ2n) is 5.89. The molecule has 0 spiro atoms. The van der Waals surface area contributed by atoms with Crippen LogP contribution >= 0.6 is 27.5 Å². The number of ether oxygens (including phenoxy) is 1. The van der Waals surface area contributed by atoms with Gasteiger partial charge in [0.05, 0.1) is 5.02 Å². The molecule has 1 N–H and O–H groups in total. The molecule has 6 heteroatoms. The zero-order valence-electron chi connectivity index (χ0n) is 13.0. The van der Waals surface area contributed by atoms with Gasteiger partial charge in [-0.3, -0.25) is 4.79 Å². The third-order valence-electron chi connectivity index (χ3n) is 4.10. The SMILES string of the molecule is O=C(NC1CCC(Oc2ccc(Cl)cn2)CC1)c1ccc(Br)cc1. The summed E-state index contributed by atoms with van der Waals surface area (Å²) in [5.41, 5.74) is 0.682. The van der Waals surface area contributed by atoms with E-state index in [0.717, 1.165) is 30.2 Å². The summed E-state index contributed by atoms with van der Waals surface area (Å²) >= 11 is 9.19. The van der Waals surface area contributed by atoms with Crippen LogP contribution in [-0.4, -0.2) is 23.0 Å². The van der Waals surface area contributed by atoms with E-state index in [2.05, 4.69) is 26.2 Å². The number of hydrogen-bond donors (Lipinski definition) is 1. The Kier molecular flexibility index (Phi) is 5.74. The first-order chi connectivity index (χ1) is 11.6. The molecule has 1 aliphatic rings. The predicted molar refractivity (Wildman–Crippen MR) is 97.5 cm³/mol. The predicted octanol–water partition coefficient (Wildman–Crippen LogP) is 4.62. The van der Waals surface area contributed by atoms with Crippen molar-refractivity contribution < 1.29 is 9.53 Å². The summed E-state index contributed by atoms with van der Waals surface area (Å²) < 4.78 is 6.84. The third kappa shape index (κ3) is 4.71. The van der Waals surface area contributed by atoms with Gasteiger partial charge in [-0.2, -0.15) is 0 Å². The molecular formula is C18H18BrClN2O2. The van der Waals surface area contributed by atoms with Crippen LogP contribution in [0, 0.1) is 0 Å². The number of rotatable bonds is 4. The highest BCUT2D eigenvalue weighted by atomic mass is 79.9. The lowest BCUT2D eigenvalue weighted by atomic mass is 9.92. The van der Waals surface area contributed by atoms with E-state index >= 15 is 0 Å². The summed E-state index contributed by atoms with van der Waals surface area (Å²) in [6.45, 7) is 0. The molecule has 0 bridgehead atoms. The van der Waals surface area contributed by atoms with E-state index in [4.69, 9.17) is 16.3 Å². The monoisotopic (exact) mass is 408 g/mol. The maximum atomic E-state index is 12.2. The van der Waals surface area contributed by atoms with Crippen molar-refractivity contribution in [3.63, 3.8) is 0 Å². The molecule has 2 aromatic rings. The van der Waals surface area contributed by atoms with Crippen molar-refractivity contribution in [2.75, 3.05) is 0 Å². The number of nitrogens with one attached hydrogen (secondary N) is 1. The van der Waals surface area contributed by atoms with Crippen LogP contribution in [-0.2, 0) is 0 Å². The van der Waals surface area contributed by atoms with E-state index in [1.165, 1.54) is 0 Å². The Morgan fingerprint density at radius 1 is 1.12 bits per heavy atom. The Labute approximate surface area is 154 Å². The van der Waals surface area contributed by atoms with E-state index < -0.39 is 0 Å². The lowest BCUT2D eigenvalue weighted by Gasteiger charge is -2.29. The number of carbonyl (C=O) groups excluding carboxylic acids is 1. The van der Waals surface area contributed by atoms with Gasteiger partial charge in [0, 0.05) is 28.3 Å². The van der Waals surface area contributed by atoms with Gasteiger partial charge in [-0.25, -0.2) is 4.98 Å². The number of halogens is 2. The van der Waals surface area contributed by atoms with Crippen molar-refractivity contribution in [1.29, 1.82) is 0 Å². The highest BCUT2D eigenvalue weighted by Gasteiger charge is 2.24. The fraction of sp³-hybridized carbons (Fsp3) is 0.333. The average molecular weight is 410 g/mol. The van der Waals surface area contributed by atoms with Crippen LogP contribution in [0.3, 0.4) is 0 Å². The second-order valence-corrected chi connectivity index (χ2v) is 7.24. The van der Waals surface area contributed by atoms with Gasteiger partial charge in [0.2, 0.25) is 5.88 Å². The smallest absolute Gasteiger partial charge is 0.251 e. The molecule has 0 aliphatic heterocycles. The van der Waals surface area contributed by atoms with Crippen LogP contribution in [0.25, 0.3) is 0 Å². The van der Waals surface area contributed by atoms with Crippen LogP contribution in [0.5, 0.6) is 5.88 Å². The first-order valence-corrected chi connectivity index (χ1v) is 9.12. The molecule has 1 fully saturated rings. The van der Waals surface area contributed by atoms with E-state index in [1.54, 1.807) is 18.3 Å².